The molecule has 0 amide bonds. The van der Waals surface area contributed by atoms with Gasteiger partial charge in [0.1, 0.15) is 11.3 Å². The third-order valence-corrected chi connectivity index (χ3v) is 5.94. The van der Waals surface area contributed by atoms with Crippen LogP contribution in [0.15, 0.2) is 54.6 Å². The summed E-state index contributed by atoms with van der Waals surface area (Å²) in [5.74, 6) is -0.602. The van der Waals surface area contributed by atoms with Gasteiger partial charge in [0.2, 0.25) is 0 Å². The third-order valence-electron chi connectivity index (χ3n) is 5.47. The maximum Gasteiger partial charge on any atom is 0.342 e. The van der Waals surface area contributed by atoms with Gasteiger partial charge in [0, 0.05) is 11.5 Å². The van der Waals surface area contributed by atoms with Crippen molar-refractivity contribution >= 4 is 17.6 Å². The van der Waals surface area contributed by atoms with Crippen LogP contribution >= 0.6 is 11.6 Å². The molecule has 142 valence electrons. The van der Waals surface area contributed by atoms with E-state index in [1.807, 2.05) is 43.3 Å². The van der Waals surface area contributed by atoms with Gasteiger partial charge >= 0.3 is 5.97 Å². The van der Waals surface area contributed by atoms with Crippen molar-refractivity contribution in [2.24, 2.45) is 0 Å². The Bertz CT molecular complexity index is 1060. The molecule has 0 heterocycles. The lowest BCUT2D eigenvalue weighted by molar-refractivity contribution is 0.0524. The Kier molecular flexibility index (Phi) is 4.86. The Balaban J connectivity index is 2.03. The summed E-state index contributed by atoms with van der Waals surface area (Å²) < 4.78 is 5.24. The van der Waals surface area contributed by atoms with E-state index in [0.717, 1.165) is 27.8 Å². The SMILES string of the molecule is CCOC(=O)c1c(O)c(Cl)c(C)c2c1-c1ccccc1C(c1ccccc1)C2. The van der Waals surface area contributed by atoms with Gasteiger partial charge in [-0.05, 0) is 48.1 Å². The number of hydrogen-bond acceptors (Lipinski definition) is 3. The van der Waals surface area contributed by atoms with Crippen molar-refractivity contribution in [2.75, 3.05) is 6.61 Å². The summed E-state index contributed by atoms with van der Waals surface area (Å²) in [5, 5.41) is 10.9. The predicted octanol–water partition coefficient (Wildman–Crippen LogP) is 5.89. The summed E-state index contributed by atoms with van der Waals surface area (Å²) in [6.45, 7) is 3.87. The van der Waals surface area contributed by atoms with E-state index in [4.69, 9.17) is 16.3 Å². The average molecular weight is 393 g/mol. The number of rotatable bonds is 3. The molecule has 1 aliphatic rings. The second kappa shape index (κ2) is 7.33. The van der Waals surface area contributed by atoms with E-state index in [2.05, 4.69) is 18.2 Å². The lowest BCUT2D eigenvalue weighted by Crippen LogP contribution is -2.18. The molecule has 0 radical (unpaired) electrons. The van der Waals surface area contributed by atoms with Crippen LogP contribution in [-0.2, 0) is 11.2 Å². The molecule has 1 unspecified atom stereocenters. The molecule has 1 aliphatic carbocycles. The fourth-order valence-electron chi connectivity index (χ4n) is 4.16. The van der Waals surface area contributed by atoms with Gasteiger partial charge in [-0.1, -0.05) is 66.2 Å². The maximum absolute atomic E-state index is 12.7. The largest absolute Gasteiger partial charge is 0.505 e. The number of benzene rings is 3. The number of carbonyl (C=O) groups excluding carboxylic acids is 1. The fraction of sp³-hybridized carbons (Fsp3) is 0.208. The lowest BCUT2D eigenvalue weighted by atomic mass is 9.73. The van der Waals surface area contributed by atoms with Gasteiger partial charge < -0.3 is 9.84 Å². The maximum atomic E-state index is 12.7. The smallest absolute Gasteiger partial charge is 0.342 e. The van der Waals surface area contributed by atoms with Gasteiger partial charge in [0.15, 0.2) is 0 Å². The van der Waals surface area contributed by atoms with Crippen LogP contribution in [-0.4, -0.2) is 17.7 Å². The molecule has 1 atom stereocenters. The summed E-state index contributed by atoms with van der Waals surface area (Å²) in [6.07, 6.45) is 0.703. The predicted molar refractivity (Wildman–Crippen MR) is 111 cm³/mol. The first-order chi connectivity index (χ1) is 13.5. The van der Waals surface area contributed by atoms with Gasteiger partial charge in [0.05, 0.1) is 11.6 Å². The van der Waals surface area contributed by atoms with E-state index < -0.39 is 5.97 Å². The number of fused-ring (bicyclic) bond motifs is 3. The van der Waals surface area contributed by atoms with Crippen molar-refractivity contribution in [3.05, 3.63) is 87.4 Å². The molecule has 28 heavy (non-hydrogen) atoms. The minimum Gasteiger partial charge on any atom is -0.505 e. The Hall–Kier alpha value is -2.78. The van der Waals surface area contributed by atoms with Crippen LogP contribution in [0.25, 0.3) is 11.1 Å². The third kappa shape index (κ3) is 2.87. The van der Waals surface area contributed by atoms with E-state index in [-0.39, 0.29) is 28.9 Å². The van der Waals surface area contributed by atoms with E-state index in [9.17, 15) is 9.90 Å². The monoisotopic (exact) mass is 392 g/mol. The van der Waals surface area contributed by atoms with Crippen molar-refractivity contribution in [1.82, 2.24) is 0 Å². The number of ether oxygens (including phenoxy) is 1. The van der Waals surface area contributed by atoms with Crippen LogP contribution < -0.4 is 0 Å². The quantitative estimate of drug-likeness (QED) is 0.565. The molecule has 3 aromatic carbocycles. The Morgan fingerprint density at radius 2 is 1.82 bits per heavy atom. The molecule has 0 aromatic heterocycles. The summed E-state index contributed by atoms with van der Waals surface area (Å²) in [4.78, 5) is 12.7. The van der Waals surface area contributed by atoms with Crippen LogP contribution in [0.3, 0.4) is 0 Å². The van der Waals surface area contributed by atoms with Crippen molar-refractivity contribution in [3.63, 3.8) is 0 Å². The molecular formula is C24H21ClO3. The highest BCUT2D eigenvalue weighted by molar-refractivity contribution is 6.34. The summed E-state index contributed by atoms with van der Waals surface area (Å²) >= 11 is 6.43. The number of hydrogen-bond donors (Lipinski definition) is 1. The number of carbonyl (C=O) groups is 1. The average Bonchev–Trinajstić information content (AvgIpc) is 2.72. The minimum atomic E-state index is -0.550. The van der Waals surface area contributed by atoms with E-state index in [0.29, 0.717) is 6.42 Å². The zero-order chi connectivity index (χ0) is 19.8. The van der Waals surface area contributed by atoms with E-state index in [1.165, 1.54) is 5.56 Å². The number of aromatic hydroxyl groups is 1. The molecule has 0 saturated heterocycles. The van der Waals surface area contributed by atoms with Gasteiger partial charge in [0.25, 0.3) is 0 Å². The summed E-state index contributed by atoms with van der Waals surface area (Å²) in [7, 11) is 0. The molecule has 1 N–H and O–H groups in total. The van der Waals surface area contributed by atoms with Crippen LogP contribution in [0, 0.1) is 6.92 Å². The molecule has 0 spiro atoms. The second-order valence-corrected chi connectivity index (χ2v) is 7.37. The van der Waals surface area contributed by atoms with Gasteiger partial charge in [-0.3, -0.25) is 0 Å². The molecule has 3 nitrogen and oxygen atoms in total. The molecule has 0 fully saturated rings. The van der Waals surface area contributed by atoms with Gasteiger partial charge in [-0.2, -0.15) is 0 Å². The van der Waals surface area contributed by atoms with Crippen molar-refractivity contribution in [2.45, 2.75) is 26.2 Å². The first kappa shape index (κ1) is 18.6. The number of halogens is 1. The first-order valence-electron chi connectivity index (χ1n) is 9.39. The van der Waals surface area contributed by atoms with Crippen molar-refractivity contribution < 1.29 is 14.6 Å². The van der Waals surface area contributed by atoms with Crippen molar-refractivity contribution in [1.29, 1.82) is 0 Å². The van der Waals surface area contributed by atoms with Gasteiger partial charge in [-0.25, -0.2) is 4.79 Å². The van der Waals surface area contributed by atoms with Crippen LogP contribution in [0.5, 0.6) is 5.75 Å². The molecule has 0 aliphatic heterocycles. The molecular weight excluding hydrogens is 372 g/mol. The topological polar surface area (TPSA) is 46.5 Å². The number of esters is 1. The second-order valence-electron chi connectivity index (χ2n) is 6.99. The highest BCUT2D eigenvalue weighted by Crippen LogP contribution is 2.50. The zero-order valence-corrected chi connectivity index (χ0v) is 16.6. The fourth-order valence-corrected chi connectivity index (χ4v) is 4.36. The first-order valence-corrected chi connectivity index (χ1v) is 9.77. The van der Waals surface area contributed by atoms with Crippen molar-refractivity contribution in [3.8, 4) is 16.9 Å². The summed E-state index contributed by atoms with van der Waals surface area (Å²) in [6, 6.07) is 18.4. The summed E-state index contributed by atoms with van der Waals surface area (Å²) in [5.41, 5.74) is 5.97. The van der Waals surface area contributed by atoms with E-state index in [1.54, 1.807) is 6.92 Å². The standard InChI is InChI=1S/C24H21ClO3/c1-3-28-24(27)21-20-17-12-8-7-11-16(17)19(15-9-5-4-6-10-15)13-18(20)14(2)22(25)23(21)26/h4-12,19,26H,3,13H2,1-2H3. The van der Waals surface area contributed by atoms with Crippen LogP contribution in [0.1, 0.15) is 45.5 Å². The molecule has 0 saturated carbocycles. The van der Waals surface area contributed by atoms with E-state index >= 15 is 0 Å². The highest BCUT2D eigenvalue weighted by atomic mass is 35.5. The Morgan fingerprint density at radius 1 is 1.14 bits per heavy atom. The molecule has 0 bridgehead atoms. The normalized spacial score (nSPS) is 14.9. The zero-order valence-electron chi connectivity index (χ0n) is 15.8. The minimum absolute atomic E-state index is 0.152. The highest BCUT2D eigenvalue weighted by Gasteiger charge is 2.34. The Morgan fingerprint density at radius 3 is 2.54 bits per heavy atom. The van der Waals surface area contributed by atoms with Crippen LogP contribution in [0.4, 0.5) is 0 Å². The van der Waals surface area contributed by atoms with Gasteiger partial charge in [-0.15, -0.1) is 0 Å². The molecule has 3 aromatic rings. The molecule has 4 heteroatoms. The molecule has 4 rings (SSSR count). The Labute approximate surface area is 169 Å². The number of phenols is 1. The number of phenolic OH excluding ortho intramolecular Hbond substituents is 1. The lowest BCUT2D eigenvalue weighted by Gasteiger charge is -2.31. The van der Waals surface area contributed by atoms with Crippen LogP contribution in [0.2, 0.25) is 5.02 Å².